The number of amides is 2. The van der Waals surface area contributed by atoms with Crippen LogP contribution < -0.4 is 11.1 Å². The molecule has 0 saturated heterocycles. The van der Waals surface area contributed by atoms with Crippen LogP contribution in [-0.2, 0) is 17.8 Å². The summed E-state index contributed by atoms with van der Waals surface area (Å²) in [7, 11) is 0. The number of nitrogens with one attached hydrogen (secondary N) is 1. The molecule has 5 rings (SSSR count). The molecule has 0 aliphatic heterocycles. The van der Waals surface area contributed by atoms with E-state index in [1.54, 1.807) is 10.9 Å². The number of pyridine rings is 1. The molecule has 0 bridgehead atoms. The number of aryl methyl sites for hydroxylation is 1. The first kappa shape index (κ1) is 22.3. The van der Waals surface area contributed by atoms with Gasteiger partial charge in [0.1, 0.15) is 6.54 Å². The molecule has 9 nitrogen and oxygen atoms in total. The van der Waals surface area contributed by atoms with Crippen molar-refractivity contribution in [1.29, 1.82) is 0 Å². The lowest BCUT2D eigenvalue weighted by molar-refractivity contribution is -0.118. The standard InChI is InChI=1S/C26H25N7O2/c1-16-5-8-23-21(12-16)19(14-32(23)15-24(27)34)9-11-29-26(35)25-17(2)33(31-30-25)20-6-7-22-18(13-20)4-3-10-28-22/h3-8,10,12-14H,9,11,15H2,1-2H3,(H2,27,34)(H,29,35). The van der Waals surface area contributed by atoms with Crippen molar-refractivity contribution < 1.29 is 9.59 Å². The summed E-state index contributed by atoms with van der Waals surface area (Å²) in [6.45, 7) is 4.37. The van der Waals surface area contributed by atoms with E-state index in [0.717, 1.165) is 38.6 Å². The summed E-state index contributed by atoms with van der Waals surface area (Å²) in [5, 5.41) is 13.3. The maximum absolute atomic E-state index is 12.9. The Labute approximate surface area is 201 Å². The summed E-state index contributed by atoms with van der Waals surface area (Å²) in [6, 6.07) is 15.7. The van der Waals surface area contributed by atoms with E-state index in [2.05, 4.69) is 26.7 Å². The molecule has 5 aromatic rings. The van der Waals surface area contributed by atoms with Crippen LogP contribution in [0.25, 0.3) is 27.5 Å². The average molecular weight is 468 g/mol. The van der Waals surface area contributed by atoms with Gasteiger partial charge < -0.3 is 15.6 Å². The van der Waals surface area contributed by atoms with Gasteiger partial charge in [-0.3, -0.25) is 14.6 Å². The van der Waals surface area contributed by atoms with Gasteiger partial charge in [0.05, 0.1) is 16.9 Å². The second-order valence-electron chi connectivity index (χ2n) is 8.59. The number of aromatic nitrogens is 5. The molecule has 0 saturated carbocycles. The summed E-state index contributed by atoms with van der Waals surface area (Å²) in [6.07, 6.45) is 4.28. The predicted octanol–water partition coefficient (Wildman–Crippen LogP) is 2.84. The number of hydrogen-bond acceptors (Lipinski definition) is 5. The summed E-state index contributed by atoms with van der Waals surface area (Å²) in [5.41, 5.74) is 11.1. The van der Waals surface area contributed by atoms with E-state index in [4.69, 9.17) is 5.73 Å². The molecule has 0 spiro atoms. The van der Waals surface area contributed by atoms with Crippen molar-refractivity contribution in [3.63, 3.8) is 0 Å². The zero-order valence-corrected chi connectivity index (χ0v) is 19.5. The zero-order valence-electron chi connectivity index (χ0n) is 19.5. The van der Waals surface area contributed by atoms with Crippen LogP contribution in [0.15, 0.2) is 60.9 Å². The molecule has 0 aliphatic carbocycles. The van der Waals surface area contributed by atoms with Crippen molar-refractivity contribution in [2.75, 3.05) is 6.54 Å². The van der Waals surface area contributed by atoms with Gasteiger partial charge in [0.15, 0.2) is 5.69 Å². The van der Waals surface area contributed by atoms with E-state index >= 15 is 0 Å². The van der Waals surface area contributed by atoms with E-state index in [1.165, 1.54) is 0 Å². The Hall–Kier alpha value is -4.53. The van der Waals surface area contributed by atoms with Crippen LogP contribution in [0.2, 0.25) is 0 Å². The lowest BCUT2D eigenvalue weighted by Crippen LogP contribution is -2.26. The second kappa shape index (κ2) is 9.02. The number of hydrogen-bond donors (Lipinski definition) is 2. The molecular weight excluding hydrogens is 442 g/mol. The summed E-state index contributed by atoms with van der Waals surface area (Å²) < 4.78 is 3.50. The van der Waals surface area contributed by atoms with Crippen LogP contribution in [0.4, 0.5) is 0 Å². The molecule has 3 heterocycles. The van der Waals surface area contributed by atoms with Crippen LogP contribution in [0, 0.1) is 13.8 Å². The number of rotatable bonds is 7. The smallest absolute Gasteiger partial charge is 0.273 e. The predicted molar refractivity (Wildman–Crippen MR) is 133 cm³/mol. The zero-order chi connectivity index (χ0) is 24.5. The van der Waals surface area contributed by atoms with Crippen LogP contribution in [0.5, 0.6) is 0 Å². The lowest BCUT2D eigenvalue weighted by Gasteiger charge is -2.06. The van der Waals surface area contributed by atoms with Gasteiger partial charge >= 0.3 is 0 Å². The van der Waals surface area contributed by atoms with Crippen molar-refractivity contribution in [1.82, 2.24) is 29.9 Å². The van der Waals surface area contributed by atoms with Crippen molar-refractivity contribution in [2.24, 2.45) is 5.73 Å². The number of nitrogens with zero attached hydrogens (tertiary/aromatic N) is 5. The van der Waals surface area contributed by atoms with Crippen LogP contribution in [-0.4, -0.2) is 42.9 Å². The molecule has 3 N–H and O–H groups in total. The number of primary amides is 1. The molecule has 3 aromatic heterocycles. The van der Waals surface area contributed by atoms with Gasteiger partial charge in [0, 0.05) is 35.2 Å². The fourth-order valence-electron chi connectivity index (χ4n) is 4.36. The van der Waals surface area contributed by atoms with Gasteiger partial charge in [-0.1, -0.05) is 22.9 Å². The van der Waals surface area contributed by atoms with Gasteiger partial charge in [-0.05, 0) is 62.2 Å². The van der Waals surface area contributed by atoms with E-state index in [9.17, 15) is 9.59 Å². The van der Waals surface area contributed by atoms with E-state index < -0.39 is 5.91 Å². The first-order valence-electron chi connectivity index (χ1n) is 11.3. The number of benzene rings is 2. The number of nitrogens with two attached hydrogens (primary N) is 1. The first-order valence-corrected chi connectivity index (χ1v) is 11.3. The van der Waals surface area contributed by atoms with Gasteiger partial charge in [0.25, 0.3) is 5.91 Å². The van der Waals surface area contributed by atoms with Crippen molar-refractivity contribution in [3.8, 4) is 5.69 Å². The topological polar surface area (TPSA) is 121 Å². The molecule has 176 valence electrons. The number of carbonyl (C=O) groups excluding carboxylic acids is 2. The molecule has 0 fully saturated rings. The maximum Gasteiger partial charge on any atom is 0.273 e. The molecule has 0 atom stereocenters. The Kier molecular flexibility index (Phi) is 5.74. The Balaban J connectivity index is 1.31. The second-order valence-corrected chi connectivity index (χ2v) is 8.59. The van der Waals surface area contributed by atoms with Crippen LogP contribution in [0.3, 0.4) is 0 Å². The monoisotopic (exact) mass is 467 g/mol. The normalized spacial score (nSPS) is 11.3. The highest BCUT2D eigenvalue weighted by molar-refractivity contribution is 5.93. The van der Waals surface area contributed by atoms with E-state index in [-0.39, 0.29) is 18.1 Å². The Morgan fingerprint density at radius 2 is 1.94 bits per heavy atom. The van der Waals surface area contributed by atoms with E-state index in [0.29, 0.717) is 18.7 Å². The number of fused-ring (bicyclic) bond motifs is 2. The van der Waals surface area contributed by atoms with Crippen molar-refractivity contribution in [2.45, 2.75) is 26.8 Å². The summed E-state index contributed by atoms with van der Waals surface area (Å²) >= 11 is 0. The SMILES string of the molecule is Cc1ccc2c(c1)c(CCNC(=O)c1nnn(-c3ccc4ncccc4c3)c1C)cn2CC(N)=O. The third-order valence-electron chi connectivity index (χ3n) is 6.07. The third kappa shape index (κ3) is 4.35. The minimum Gasteiger partial charge on any atom is -0.368 e. The van der Waals surface area contributed by atoms with Gasteiger partial charge in [-0.25, -0.2) is 4.68 Å². The quantitative estimate of drug-likeness (QED) is 0.381. The molecular formula is C26H25N7O2. The fourth-order valence-corrected chi connectivity index (χ4v) is 4.36. The van der Waals surface area contributed by atoms with Crippen molar-refractivity contribution in [3.05, 3.63) is 83.4 Å². The lowest BCUT2D eigenvalue weighted by atomic mass is 10.1. The number of carbonyl (C=O) groups is 2. The largest absolute Gasteiger partial charge is 0.368 e. The molecule has 35 heavy (non-hydrogen) atoms. The Bertz CT molecular complexity index is 1580. The summed E-state index contributed by atoms with van der Waals surface area (Å²) in [5.74, 6) is -0.683. The fraction of sp³-hybridized carbons (Fsp3) is 0.192. The minimum absolute atomic E-state index is 0.110. The van der Waals surface area contributed by atoms with Gasteiger partial charge in [0.2, 0.25) is 5.91 Å². The Morgan fingerprint density at radius 3 is 2.77 bits per heavy atom. The highest BCUT2D eigenvalue weighted by atomic mass is 16.2. The molecule has 2 amide bonds. The molecule has 0 radical (unpaired) electrons. The van der Waals surface area contributed by atoms with Gasteiger partial charge in [-0.15, -0.1) is 5.10 Å². The van der Waals surface area contributed by atoms with Crippen LogP contribution in [0.1, 0.15) is 27.3 Å². The Morgan fingerprint density at radius 1 is 1.09 bits per heavy atom. The first-order chi connectivity index (χ1) is 16.9. The van der Waals surface area contributed by atoms with Crippen molar-refractivity contribution >= 4 is 33.6 Å². The average Bonchev–Trinajstić information content (AvgIpc) is 3.38. The third-order valence-corrected chi connectivity index (χ3v) is 6.07. The minimum atomic E-state index is -0.399. The summed E-state index contributed by atoms with van der Waals surface area (Å²) in [4.78, 5) is 28.7. The van der Waals surface area contributed by atoms with E-state index in [1.807, 2.05) is 67.1 Å². The molecule has 9 heteroatoms. The molecule has 2 aromatic carbocycles. The molecule has 0 aliphatic rings. The molecule has 0 unspecified atom stereocenters. The van der Waals surface area contributed by atoms with Gasteiger partial charge in [-0.2, -0.15) is 0 Å². The highest BCUT2D eigenvalue weighted by Crippen LogP contribution is 2.23. The highest BCUT2D eigenvalue weighted by Gasteiger charge is 2.18. The van der Waals surface area contributed by atoms with Crippen LogP contribution >= 0.6 is 0 Å². The maximum atomic E-state index is 12.9.